The first-order chi connectivity index (χ1) is 5.20. The largest absolute Gasteiger partial charge is 0.314 e. The summed E-state index contributed by atoms with van der Waals surface area (Å²) >= 11 is 1.84. The summed E-state index contributed by atoms with van der Waals surface area (Å²) in [6, 6.07) is 2.19. The molecule has 3 heteroatoms. The van der Waals surface area contributed by atoms with E-state index < -0.39 is 0 Å². The number of thioether (sulfide) groups is 1. The summed E-state index contributed by atoms with van der Waals surface area (Å²) in [5.74, 6) is 0.129. The van der Waals surface area contributed by atoms with E-state index in [0.29, 0.717) is 5.25 Å². The Hall–Kier alpha value is -0.200. The third-order valence-corrected chi connectivity index (χ3v) is 2.48. The SMILES string of the molecule is CSC(C)CNCC(C)C#N. The molecule has 0 spiro atoms. The van der Waals surface area contributed by atoms with Crippen LogP contribution < -0.4 is 5.32 Å². The zero-order valence-corrected chi connectivity index (χ0v) is 8.24. The molecule has 0 radical (unpaired) electrons. The third kappa shape index (κ3) is 6.21. The molecule has 0 aliphatic carbocycles. The minimum atomic E-state index is 0.129. The van der Waals surface area contributed by atoms with Crippen LogP contribution in [0.3, 0.4) is 0 Å². The van der Waals surface area contributed by atoms with Gasteiger partial charge in [-0.15, -0.1) is 0 Å². The van der Waals surface area contributed by atoms with Crippen LogP contribution in [-0.4, -0.2) is 24.6 Å². The van der Waals surface area contributed by atoms with E-state index in [1.807, 2.05) is 18.7 Å². The molecule has 0 rings (SSSR count). The second kappa shape index (κ2) is 6.51. The zero-order chi connectivity index (χ0) is 8.69. The third-order valence-electron chi connectivity index (χ3n) is 1.51. The van der Waals surface area contributed by atoms with E-state index in [4.69, 9.17) is 5.26 Å². The molecule has 2 nitrogen and oxygen atoms in total. The normalized spacial score (nSPS) is 15.5. The van der Waals surface area contributed by atoms with Gasteiger partial charge in [-0.3, -0.25) is 0 Å². The molecule has 0 saturated heterocycles. The average molecular weight is 172 g/mol. The van der Waals surface area contributed by atoms with E-state index >= 15 is 0 Å². The molecule has 0 saturated carbocycles. The van der Waals surface area contributed by atoms with Crippen LogP contribution in [0.5, 0.6) is 0 Å². The van der Waals surface area contributed by atoms with Crippen LogP contribution in [0, 0.1) is 17.2 Å². The number of rotatable bonds is 5. The topological polar surface area (TPSA) is 35.8 Å². The highest BCUT2D eigenvalue weighted by Crippen LogP contribution is 2.02. The number of nitrogens with one attached hydrogen (secondary N) is 1. The molecule has 0 aromatic carbocycles. The highest BCUT2D eigenvalue weighted by Gasteiger charge is 2.00. The monoisotopic (exact) mass is 172 g/mol. The van der Waals surface area contributed by atoms with Crippen molar-refractivity contribution >= 4 is 11.8 Å². The maximum atomic E-state index is 8.46. The van der Waals surface area contributed by atoms with Gasteiger partial charge in [-0.25, -0.2) is 0 Å². The van der Waals surface area contributed by atoms with Crippen LogP contribution in [0.4, 0.5) is 0 Å². The lowest BCUT2D eigenvalue weighted by Gasteiger charge is -2.09. The van der Waals surface area contributed by atoms with E-state index in [1.165, 1.54) is 0 Å². The van der Waals surface area contributed by atoms with Gasteiger partial charge in [-0.1, -0.05) is 6.92 Å². The Morgan fingerprint density at radius 1 is 1.45 bits per heavy atom. The van der Waals surface area contributed by atoms with E-state index in [0.717, 1.165) is 13.1 Å². The molecule has 0 amide bonds. The van der Waals surface area contributed by atoms with Crippen LogP contribution in [0.15, 0.2) is 0 Å². The first-order valence-electron chi connectivity index (χ1n) is 3.83. The van der Waals surface area contributed by atoms with Crippen molar-refractivity contribution in [3.63, 3.8) is 0 Å². The molecule has 0 aliphatic rings. The van der Waals surface area contributed by atoms with Gasteiger partial charge in [0.2, 0.25) is 0 Å². The molecule has 64 valence electrons. The van der Waals surface area contributed by atoms with Crippen LogP contribution in [-0.2, 0) is 0 Å². The first kappa shape index (κ1) is 10.8. The lowest BCUT2D eigenvalue weighted by molar-refractivity contribution is 0.601. The van der Waals surface area contributed by atoms with E-state index in [2.05, 4.69) is 24.6 Å². The molecule has 0 aromatic rings. The summed E-state index contributed by atoms with van der Waals surface area (Å²) in [5, 5.41) is 12.3. The van der Waals surface area contributed by atoms with Crippen molar-refractivity contribution < 1.29 is 0 Å². The van der Waals surface area contributed by atoms with Gasteiger partial charge in [0.15, 0.2) is 0 Å². The van der Waals surface area contributed by atoms with Gasteiger partial charge in [0.05, 0.1) is 12.0 Å². The fourth-order valence-electron chi connectivity index (χ4n) is 0.632. The van der Waals surface area contributed by atoms with Crippen LogP contribution in [0.2, 0.25) is 0 Å². The molecular formula is C8H16N2S. The van der Waals surface area contributed by atoms with Gasteiger partial charge in [0.25, 0.3) is 0 Å². The van der Waals surface area contributed by atoms with Crippen molar-refractivity contribution in [2.45, 2.75) is 19.1 Å². The standard InChI is InChI=1S/C8H16N2S/c1-7(4-9)5-10-6-8(2)11-3/h7-8,10H,5-6H2,1-3H3. The number of nitriles is 1. The van der Waals surface area contributed by atoms with Crippen molar-refractivity contribution in [2.75, 3.05) is 19.3 Å². The Balaban J connectivity index is 3.21. The summed E-state index contributed by atoms with van der Waals surface area (Å²) < 4.78 is 0. The quantitative estimate of drug-likeness (QED) is 0.682. The first-order valence-corrected chi connectivity index (χ1v) is 5.12. The molecule has 0 aliphatic heterocycles. The highest BCUT2D eigenvalue weighted by atomic mass is 32.2. The van der Waals surface area contributed by atoms with Crippen molar-refractivity contribution in [3.8, 4) is 6.07 Å². The van der Waals surface area contributed by atoms with Gasteiger partial charge in [-0.05, 0) is 13.2 Å². The van der Waals surface area contributed by atoms with Crippen LogP contribution in [0.25, 0.3) is 0 Å². The van der Waals surface area contributed by atoms with Crippen LogP contribution in [0.1, 0.15) is 13.8 Å². The van der Waals surface area contributed by atoms with E-state index in [1.54, 1.807) is 0 Å². The minimum absolute atomic E-state index is 0.129. The summed E-state index contributed by atoms with van der Waals surface area (Å²) in [4.78, 5) is 0. The van der Waals surface area contributed by atoms with Crippen molar-refractivity contribution in [1.82, 2.24) is 5.32 Å². The molecular weight excluding hydrogens is 156 g/mol. The Labute approximate surface area is 73.4 Å². The Morgan fingerprint density at radius 2 is 2.09 bits per heavy atom. The molecule has 2 unspecified atom stereocenters. The Kier molecular flexibility index (Phi) is 6.39. The second-order valence-electron chi connectivity index (χ2n) is 2.73. The molecule has 0 aromatic heterocycles. The summed E-state index contributed by atoms with van der Waals surface area (Å²) in [6.07, 6.45) is 2.10. The summed E-state index contributed by atoms with van der Waals surface area (Å²) in [7, 11) is 0. The fourth-order valence-corrected chi connectivity index (χ4v) is 0.917. The minimum Gasteiger partial charge on any atom is -0.314 e. The predicted molar refractivity (Wildman–Crippen MR) is 50.6 cm³/mol. The number of nitrogens with zero attached hydrogens (tertiary/aromatic N) is 1. The highest BCUT2D eigenvalue weighted by molar-refractivity contribution is 7.99. The fraction of sp³-hybridized carbons (Fsp3) is 0.875. The van der Waals surface area contributed by atoms with Gasteiger partial charge in [-0.2, -0.15) is 17.0 Å². The Morgan fingerprint density at radius 3 is 2.55 bits per heavy atom. The molecule has 0 fully saturated rings. The van der Waals surface area contributed by atoms with E-state index in [-0.39, 0.29) is 5.92 Å². The summed E-state index contributed by atoms with van der Waals surface area (Å²) in [5.41, 5.74) is 0. The van der Waals surface area contributed by atoms with Gasteiger partial charge in [0.1, 0.15) is 0 Å². The lowest BCUT2D eigenvalue weighted by Crippen LogP contribution is -2.26. The van der Waals surface area contributed by atoms with Crippen molar-refractivity contribution in [2.24, 2.45) is 5.92 Å². The average Bonchev–Trinajstić information content (AvgIpc) is 2.04. The predicted octanol–water partition coefficient (Wildman–Crippen LogP) is 1.49. The smallest absolute Gasteiger partial charge is 0.0666 e. The second-order valence-corrected chi connectivity index (χ2v) is 4.01. The summed E-state index contributed by atoms with van der Waals surface area (Å²) in [6.45, 7) is 5.90. The van der Waals surface area contributed by atoms with Crippen LogP contribution >= 0.6 is 11.8 Å². The maximum absolute atomic E-state index is 8.46. The molecule has 0 heterocycles. The van der Waals surface area contributed by atoms with Crippen molar-refractivity contribution in [1.29, 1.82) is 5.26 Å². The maximum Gasteiger partial charge on any atom is 0.0666 e. The van der Waals surface area contributed by atoms with Crippen molar-refractivity contribution in [3.05, 3.63) is 0 Å². The van der Waals surface area contributed by atoms with Gasteiger partial charge >= 0.3 is 0 Å². The van der Waals surface area contributed by atoms with Gasteiger partial charge in [0, 0.05) is 18.3 Å². The number of hydrogen-bond acceptors (Lipinski definition) is 3. The molecule has 2 atom stereocenters. The molecule has 0 bridgehead atoms. The molecule has 11 heavy (non-hydrogen) atoms. The zero-order valence-electron chi connectivity index (χ0n) is 7.42. The Bertz CT molecular complexity index is 131. The van der Waals surface area contributed by atoms with E-state index in [9.17, 15) is 0 Å². The lowest BCUT2D eigenvalue weighted by atomic mass is 10.2. The van der Waals surface area contributed by atoms with Gasteiger partial charge < -0.3 is 5.32 Å². The number of hydrogen-bond donors (Lipinski definition) is 1. The molecule has 1 N–H and O–H groups in total.